The Labute approximate surface area is 197 Å². The standard InChI is InChI=1S/C29H36O4/c1-18(2)12-13-21-16-28(15-14-19(3)4)25(31)22(27(21,5)6)24(30)23-26(28)33-17-29(23,32)20-10-8-7-9-11-20/h7-12,14,21-22,32H,13,15-17H2,1-6H3/t21-,22-,28-,29?/m0/s1. The number of fused-ring (bicyclic) bond motifs is 3. The van der Waals surface area contributed by atoms with Crippen LogP contribution in [0.15, 0.2) is 65.0 Å². The Bertz CT molecular complexity index is 1070. The SMILES string of the molecule is CC(C)=CC[C@H]1C[C@@]2(CC=C(C)C)C(=O)[C@H](C(=O)C3=C2OCC3(O)c2ccccc2)C1(C)C. The zero-order chi connectivity index (χ0) is 24.2. The van der Waals surface area contributed by atoms with Crippen molar-refractivity contribution in [3.8, 4) is 0 Å². The van der Waals surface area contributed by atoms with Crippen molar-refractivity contribution in [1.82, 2.24) is 0 Å². The summed E-state index contributed by atoms with van der Waals surface area (Å²) in [7, 11) is 0. The lowest BCUT2D eigenvalue weighted by atomic mass is 9.47. The number of carbonyl (C=O) groups is 2. The third-order valence-corrected chi connectivity index (χ3v) is 8.05. The molecule has 4 nitrogen and oxygen atoms in total. The van der Waals surface area contributed by atoms with Crippen molar-refractivity contribution in [1.29, 1.82) is 0 Å². The Morgan fingerprint density at radius 1 is 1.06 bits per heavy atom. The van der Waals surface area contributed by atoms with E-state index >= 15 is 0 Å². The van der Waals surface area contributed by atoms with Crippen LogP contribution in [-0.4, -0.2) is 23.3 Å². The number of benzene rings is 1. The van der Waals surface area contributed by atoms with Crippen LogP contribution >= 0.6 is 0 Å². The molecule has 1 aromatic rings. The monoisotopic (exact) mass is 448 g/mol. The second-order valence-electron chi connectivity index (χ2n) is 11.2. The van der Waals surface area contributed by atoms with Gasteiger partial charge in [-0.3, -0.25) is 9.59 Å². The van der Waals surface area contributed by atoms with E-state index in [1.54, 1.807) is 0 Å². The van der Waals surface area contributed by atoms with E-state index in [1.807, 2.05) is 58.0 Å². The van der Waals surface area contributed by atoms with Crippen molar-refractivity contribution in [3.63, 3.8) is 0 Å². The summed E-state index contributed by atoms with van der Waals surface area (Å²) >= 11 is 0. The molecule has 0 saturated heterocycles. The predicted octanol–water partition coefficient (Wildman–Crippen LogP) is 5.67. The van der Waals surface area contributed by atoms with Gasteiger partial charge in [0.15, 0.2) is 17.2 Å². The van der Waals surface area contributed by atoms with Crippen molar-refractivity contribution in [3.05, 3.63) is 70.5 Å². The van der Waals surface area contributed by atoms with Crippen molar-refractivity contribution < 1.29 is 19.4 Å². The molecule has 2 aliphatic carbocycles. The minimum Gasteiger partial charge on any atom is -0.493 e. The van der Waals surface area contributed by atoms with Crippen LogP contribution in [-0.2, 0) is 19.9 Å². The van der Waals surface area contributed by atoms with Crippen LogP contribution in [0.2, 0.25) is 0 Å². The van der Waals surface area contributed by atoms with E-state index in [0.717, 1.165) is 12.0 Å². The molecule has 0 amide bonds. The first kappa shape index (κ1) is 23.7. The number of hydrogen-bond donors (Lipinski definition) is 1. The Kier molecular flexibility index (Phi) is 5.81. The largest absolute Gasteiger partial charge is 0.493 e. The Morgan fingerprint density at radius 2 is 1.70 bits per heavy atom. The molecule has 4 rings (SSSR count). The van der Waals surface area contributed by atoms with Crippen molar-refractivity contribution in [2.24, 2.45) is 22.7 Å². The van der Waals surface area contributed by atoms with Crippen LogP contribution in [0.3, 0.4) is 0 Å². The third-order valence-electron chi connectivity index (χ3n) is 8.05. The highest BCUT2D eigenvalue weighted by atomic mass is 16.5. The van der Waals surface area contributed by atoms with Crippen LogP contribution in [0.25, 0.3) is 0 Å². The fourth-order valence-corrected chi connectivity index (χ4v) is 6.00. The molecule has 1 aliphatic heterocycles. The van der Waals surface area contributed by atoms with Gasteiger partial charge < -0.3 is 9.84 Å². The molecule has 1 saturated carbocycles. The van der Waals surface area contributed by atoms with E-state index in [1.165, 1.54) is 5.57 Å². The van der Waals surface area contributed by atoms with Gasteiger partial charge in [0, 0.05) is 0 Å². The van der Waals surface area contributed by atoms with E-state index < -0.39 is 22.3 Å². The number of rotatable bonds is 5. The maximum absolute atomic E-state index is 14.1. The minimum atomic E-state index is -1.54. The van der Waals surface area contributed by atoms with Crippen LogP contribution in [0.5, 0.6) is 0 Å². The molecule has 0 spiro atoms. The van der Waals surface area contributed by atoms with Gasteiger partial charge in [0.1, 0.15) is 12.4 Å². The zero-order valence-corrected chi connectivity index (χ0v) is 20.7. The molecule has 4 atom stereocenters. The first-order valence-electron chi connectivity index (χ1n) is 12.0. The number of ether oxygens (including phenoxy) is 1. The van der Waals surface area contributed by atoms with Gasteiger partial charge in [0.25, 0.3) is 0 Å². The number of carbonyl (C=O) groups excluding carboxylic acids is 2. The molecule has 33 heavy (non-hydrogen) atoms. The van der Waals surface area contributed by atoms with Crippen LogP contribution in [0.1, 0.15) is 66.4 Å². The molecule has 1 aromatic carbocycles. The van der Waals surface area contributed by atoms with Gasteiger partial charge in [0.05, 0.1) is 16.9 Å². The summed E-state index contributed by atoms with van der Waals surface area (Å²) in [6, 6.07) is 9.23. The van der Waals surface area contributed by atoms with E-state index in [-0.39, 0.29) is 24.1 Å². The predicted molar refractivity (Wildman–Crippen MR) is 129 cm³/mol. The van der Waals surface area contributed by atoms with Crippen molar-refractivity contribution in [2.75, 3.05) is 6.61 Å². The van der Waals surface area contributed by atoms with Crippen LogP contribution < -0.4 is 0 Å². The first-order valence-corrected chi connectivity index (χ1v) is 12.0. The van der Waals surface area contributed by atoms with Gasteiger partial charge in [-0.15, -0.1) is 0 Å². The molecule has 3 aliphatic rings. The molecule has 1 heterocycles. The minimum absolute atomic E-state index is 0.0386. The second kappa shape index (κ2) is 8.09. The van der Waals surface area contributed by atoms with E-state index in [4.69, 9.17) is 4.74 Å². The maximum Gasteiger partial charge on any atom is 0.176 e. The van der Waals surface area contributed by atoms with E-state index in [9.17, 15) is 14.7 Å². The topological polar surface area (TPSA) is 63.6 Å². The summed E-state index contributed by atoms with van der Waals surface area (Å²) in [6.07, 6.45) is 6.20. The summed E-state index contributed by atoms with van der Waals surface area (Å²) in [6.45, 7) is 12.2. The number of hydrogen-bond acceptors (Lipinski definition) is 4. The Morgan fingerprint density at radius 3 is 2.30 bits per heavy atom. The average molecular weight is 449 g/mol. The first-order chi connectivity index (χ1) is 15.4. The average Bonchev–Trinajstić information content (AvgIpc) is 3.11. The lowest BCUT2D eigenvalue weighted by molar-refractivity contribution is -0.155. The van der Waals surface area contributed by atoms with Gasteiger partial charge in [-0.2, -0.15) is 0 Å². The van der Waals surface area contributed by atoms with Gasteiger partial charge in [-0.05, 0) is 63.9 Å². The van der Waals surface area contributed by atoms with E-state index in [0.29, 0.717) is 29.7 Å². The summed E-state index contributed by atoms with van der Waals surface area (Å²) in [4.78, 5) is 28.1. The Hall–Kier alpha value is -2.46. The molecular weight excluding hydrogens is 412 g/mol. The molecule has 1 fully saturated rings. The fraction of sp³-hybridized carbons (Fsp3) is 0.517. The van der Waals surface area contributed by atoms with E-state index in [2.05, 4.69) is 26.0 Å². The lowest BCUT2D eigenvalue weighted by Gasteiger charge is -2.54. The fourth-order valence-electron chi connectivity index (χ4n) is 6.00. The third kappa shape index (κ3) is 3.54. The van der Waals surface area contributed by atoms with Crippen molar-refractivity contribution >= 4 is 11.6 Å². The van der Waals surface area contributed by atoms with Crippen LogP contribution in [0, 0.1) is 22.7 Å². The highest BCUT2D eigenvalue weighted by Crippen LogP contribution is 2.63. The zero-order valence-electron chi connectivity index (χ0n) is 20.7. The molecular formula is C29H36O4. The van der Waals surface area contributed by atoms with Gasteiger partial charge >= 0.3 is 0 Å². The summed E-state index contributed by atoms with van der Waals surface area (Å²) < 4.78 is 6.17. The number of allylic oxidation sites excluding steroid dienone is 5. The molecule has 176 valence electrons. The number of aliphatic hydroxyl groups is 1. The molecule has 2 bridgehead atoms. The number of ketones is 2. The van der Waals surface area contributed by atoms with Gasteiger partial charge in [0.2, 0.25) is 0 Å². The van der Waals surface area contributed by atoms with Gasteiger partial charge in [-0.25, -0.2) is 0 Å². The number of Topliss-reactive ketones (excluding diaryl/α,β-unsaturated/α-hetero) is 2. The van der Waals surface area contributed by atoms with Crippen molar-refractivity contribution in [2.45, 2.75) is 66.4 Å². The second-order valence-corrected chi connectivity index (χ2v) is 11.2. The molecule has 0 radical (unpaired) electrons. The summed E-state index contributed by atoms with van der Waals surface area (Å²) in [5.74, 6) is -0.538. The molecule has 4 heteroatoms. The highest BCUT2D eigenvalue weighted by molar-refractivity contribution is 6.18. The summed E-state index contributed by atoms with van der Waals surface area (Å²) in [5, 5.41) is 11.8. The molecule has 0 aromatic heterocycles. The normalized spacial score (nSPS) is 32.2. The molecule has 1 N–H and O–H groups in total. The molecule has 1 unspecified atom stereocenters. The highest BCUT2D eigenvalue weighted by Gasteiger charge is 2.68. The summed E-state index contributed by atoms with van der Waals surface area (Å²) in [5.41, 5.74) is 0.308. The Balaban J connectivity index is 1.94. The van der Waals surface area contributed by atoms with Crippen LogP contribution in [0.4, 0.5) is 0 Å². The maximum atomic E-state index is 14.1. The quantitative estimate of drug-likeness (QED) is 0.465. The smallest absolute Gasteiger partial charge is 0.176 e. The van der Waals surface area contributed by atoms with Gasteiger partial charge in [-0.1, -0.05) is 67.5 Å². The lowest BCUT2D eigenvalue weighted by Crippen LogP contribution is -2.59.